The van der Waals surface area contributed by atoms with E-state index in [1.165, 1.54) is 18.3 Å². The molecule has 0 fully saturated rings. The van der Waals surface area contributed by atoms with Gasteiger partial charge in [0.2, 0.25) is 0 Å². The molecule has 78 valence electrons. The fourth-order valence-electron chi connectivity index (χ4n) is 1.38. The number of rotatable bonds is 0. The van der Waals surface area contributed by atoms with Gasteiger partial charge in [0.05, 0.1) is 5.56 Å². The molecule has 0 atom stereocenters. The summed E-state index contributed by atoms with van der Waals surface area (Å²) < 4.78 is 37.1. The number of aromatic nitrogens is 1. The highest BCUT2D eigenvalue weighted by Gasteiger charge is 2.30. The number of benzene rings is 1. The molecule has 0 amide bonds. The molecule has 0 aliphatic carbocycles. The molecule has 0 unspecified atom stereocenters. The van der Waals surface area contributed by atoms with E-state index in [-0.39, 0.29) is 5.82 Å². The fraction of sp³-hybridized carbons (Fsp3) is 0.100. The molecule has 2 aromatic rings. The van der Waals surface area contributed by atoms with Gasteiger partial charge in [0.25, 0.3) is 0 Å². The summed E-state index contributed by atoms with van der Waals surface area (Å²) in [6.07, 6.45) is -2.94. The predicted octanol–water partition coefficient (Wildman–Crippen LogP) is 2.84. The molecule has 1 aromatic heterocycles. The minimum absolute atomic E-state index is 0.237. The molecule has 1 aromatic carbocycles. The minimum Gasteiger partial charge on any atom is -0.383 e. The van der Waals surface area contributed by atoms with Gasteiger partial charge in [-0.2, -0.15) is 13.2 Å². The van der Waals surface area contributed by atoms with Gasteiger partial charge >= 0.3 is 6.18 Å². The fourth-order valence-corrected chi connectivity index (χ4v) is 1.38. The first-order chi connectivity index (χ1) is 6.98. The van der Waals surface area contributed by atoms with Crippen LogP contribution in [0.15, 0.2) is 30.5 Å². The van der Waals surface area contributed by atoms with Crippen molar-refractivity contribution in [3.05, 3.63) is 36.0 Å². The standard InChI is InChI=1S/C10H7F3N2/c11-10(12,13)7-1-2-8-6(5-7)3-4-15-9(8)14/h1-5H,(H2,14,15). The Labute approximate surface area is 83.5 Å². The number of anilines is 1. The average molecular weight is 212 g/mol. The van der Waals surface area contributed by atoms with Gasteiger partial charge in [0.15, 0.2) is 0 Å². The van der Waals surface area contributed by atoms with Crippen LogP contribution in [0.2, 0.25) is 0 Å². The van der Waals surface area contributed by atoms with Crippen molar-refractivity contribution in [2.75, 3.05) is 5.73 Å². The minimum atomic E-state index is -4.33. The van der Waals surface area contributed by atoms with E-state index < -0.39 is 11.7 Å². The number of hydrogen-bond acceptors (Lipinski definition) is 2. The lowest BCUT2D eigenvalue weighted by Crippen LogP contribution is -2.04. The SMILES string of the molecule is Nc1nccc2cc(C(F)(F)F)ccc12. The number of nitrogen functional groups attached to an aromatic ring is 1. The quantitative estimate of drug-likeness (QED) is 0.729. The van der Waals surface area contributed by atoms with Crippen LogP contribution in [-0.4, -0.2) is 4.98 Å². The summed E-state index contributed by atoms with van der Waals surface area (Å²) in [6, 6.07) is 4.90. The number of alkyl halides is 3. The maximum atomic E-state index is 12.4. The lowest BCUT2D eigenvalue weighted by molar-refractivity contribution is -0.137. The Morgan fingerprint density at radius 2 is 1.87 bits per heavy atom. The molecule has 0 saturated carbocycles. The molecule has 0 aliphatic heterocycles. The third-order valence-corrected chi connectivity index (χ3v) is 2.12. The Bertz CT molecular complexity index is 505. The number of hydrogen-bond donors (Lipinski definition) is 1. The van der Waals surface area contributed by atoms with Gasteiger partial charge in [0, 0.05) is 11.6 Å². The highest BCUT2D eigenvalue weighted by molar-refractivity contribution is 5.91. The lowest BCUT2D eigenvalue weighted by Gasteiger charge is -2.08. The molecule has 0 radical (unpaired) electrons. The second-order valence-electron chi connectivity index (χ2n) is 3.13. The van der Waals surface area contributed by atoms with E-state index in [0.717, 1.165) is 12.1 Å². The summed E-state index contributed by atoms with van der Waals surface area (Å²) in [6.45, 7) is 0. The van der Waals surface area contributed by atoms with Crippen molar-refractivity contribution in [1.82, 2.24) is 4.98 Å². The van der Waals surface area contributed by atoms with E-state index in [2.05, 4.69) is 4.98 Å². The van der Waals surface area contributed by atoms with E-state index in [9.17, 15) is 13.2 Å². The average Bonchev–Trinajstić information content (AvgIpc) is 2.16. The Kier molecular flexibility index (Phi) is 2.03. The van der Waals surface area contributed by atoms with Gasteiger partial charge in [-0.25, -0.2) is 4.98 Å². The lowest BCUT2D eigenvalue weighted by atomic mass is 10.1. The van der Waals surface area contributed by atoms with Crippen LogP contribution in [0.4, 0.5) is 19.0 Å². The maximum Gasteiger partial charge on any atom is 0.416 e. The molecule has 0 saturated heterocycles. The first-order valence-corrected chi connectivity index (χ1v) is 4.20. The molecule has 0 spiro atoms. The summed E-state index contributed by atoms with van der Waals surface area (Å²) >= 11 is 0. The number of nitrogens with two attached hydrogens (primary N) is 1. The second kappa shape index (κ2) is 3.12. The van der Waals surface area contributed by atoms with Gasteiger partial charge in [-0.15, -0.1) is 0 Å². The van der Waals surface area contributed by atoms with E-state index in [0.29, 0.717) is 10.8 Å². The Hall–Kier alpha value is -1.78. The van der Waals surface area contributed by atoms with E-state index >= 15 is 0 Å². The van der Waals surface area contributed by atoms with Crippen molar-refractivity contribution in [3.63, 3.8) is 0 Å². The third-order valence-electron chi connectivity index (χ3n) is 2.12. The summed E-state index contributed by atoms with van der Waals surface area (Å²) in [5, 5.41) is 0.975. The van der Waals surface area contributed by atoms with E-state index in [1.807, 2.05) is 0 Å². The molecular formula is C10H7F3N2. The first-order valence-electron chi connectivity index (χ1n) is 4.20. The molecular weight excluding hydrogens is 205 g/mol. The highest BCUT2D eigenvalue weighted by atomic mass is 19.4. The third kappa shape index (κ3) is 1.72. The van der Waals surface area contributed by atoms with Crippen LogP contribution in [0.25, 0.3) is 10.8 Å². The second-order valence-corrected chi connectivity index (χ2v) is 3.13. The zero-order valence-electron chi connectivity index (χ0n) is 7.55. The van der Waals surface area contributed by atoms with E-state index in [4.69, 9.17) is 5.73 Å². The molecule has 15 heavy (non-hydrogen) atoms. The molecule has 2 nitrogen and oxygen atoms in total. The molecule has 1 heterocycles. The van der Waals surface area contributed by atoms with Crippen molar-refractivity contribution in [3.8, 4) is 0 Å². The molecule has 0 bridgehead atoms. The van der Waals surface area contributed by atoms with Crippen LogP contribution in [0, 0.1) is 0 Å². The molecule has 0 aliphatic rings. The number of nitrogens with zero attached hydrogens (tertiary/aromatic N) is 1. The van der Waals surface area contributed by atoms with Crippen LogP contribution in [0.3, 0.4) is 0 Å². The van der Waals surface area contributed by atoms with Gasteiger partial charge in [-0.1, -0.05) is 6.07 Å². The van der Waals surface area contributed by atoms with Crippen LogP contribution in [0.5, 0.6) is 0 Å². The Balaban J connectivity index is 2.68. The Morgan fingerprint density at radius 1 is 1.13 bits per heavy atom. The van der Waals surface area contributed by atoms with Crippen molar-refractivity contribution in [2.24, 2.45) is 0 Å². The zero-order chi connectivity index (χ0) is 11.1. The highest BCUT2D eigenvalue weighted by Crippen LogP contribution is 2.32. The molecule has 2 N–H and O–H groups in total. The van der Waals surface area contributed by atoms with Crippen molar-refractivity contribution in [2.45, 2.75) is 6.18 Å². The first kappa shape index (κ1) is 9.76. The summed E-state index contributed by atoms with van der Waals surface area (Å²) in [4.78, 5) is 3.80. The normalized spacial score (nSPS) is 11.9. The van der Waals surface area contributed by atoms with Gasteiger partial charge in [-0.05, 0) is 23.6 Å². The van der Waals surface area contributed by atoms with Crippen LogP contribution in [-0.2, 0) is 6.18 Å². The molecule has 2 rings (SSSR count). The summed E-state index contributed by atoms with van der Waals surface area (Å²) in [7, 11) is 0. The van der Waals surface area contributed by atoms with Crippen molar-refractivity contribution < 1.29 is 13.2 Å². The van der Waals surface area contributed by atoms with Crippen LogP contribution in [0.1, 0.15) is 5.56 Å². The smallest absolute Gasteiger partial charge is 0.383 e. The van der Waals surface area contributed by atoms with E-state index in [1.54, 1.807) is 0 Å². The Morgan fingerprint density at radius 3 is 2.53 bits per heavy atom. The summed E-state index contributed by atoms with van der Waals surface area (Å²) in [5.74, 6) is 0.237. The van der Waals surface area contributed by atoms with Gasteiger partial charge < -0.3 is 5.73 Å². The van der Waals surface area contributed by atoms with Crippen molar-refractivity contribution >= 4 is 16.6 Å². The van der Waals surface area contributed by atoms with Gasteiger partial charge in [-0.3, -0.25) is 0 Å². The monoisotopic (exact) mass is 212 g/mol. The zero-order valence-corrected chi connectivity index (χ0v) is 7.55. The number of fused-ring (bicyclic) bond motifs is 1. The van der Waals surface area contributed by atoms with Crippen molar-refractivity contribution in [1.29, 1.82) is 0 Å². The van der Waals surface area contributed by atoms with Crippen LogP contribution < -0.4 is 5.73 Å². The maximum absolute atomic E-state index is 12.4. The largest absolute Gasteiger partial charge is 0.416 e. The number of halogens is 3. The van der Waals surface area contributed by atoms with Gasteiger partial charge in [0.1, 0.15) is 5.82 Å². The molecule has 5 heteroatoms. The predicted molar refractivity (Wildman–Crippen MR) is 51.2 cm³/mol. The number of pyridine rings is 1. The van der Waals surface area contributed by atoms with Crippen LogP contribution >= 0.6 is 0 Å². The topological polar surface area (TPSA) is 38.9 Å². The summed E-state index contributed by atoms with van der Waals surface area (Å²) in [5.41, 5.74) is 4.84.